The van der Waals surface area contributed by atoms with Crippen LogP contribution in [0.2, 0.25) is 5.02 Å². The van der Waals surface area contributed by atoms with E-state index in [0.717, 1.165) is 5.56 Å². The lowest BCUT2D eigenvalue weighted by Gasteiger charge is -2.19. The standard InChI is InChI=1S/C18H16ClN5O2/c1-23(11-13-7-3-2-4-8-13)18-16(24(25)26)17(20-12-21-18)22-15-10-6-5-9-14(15)19/h2-10,12H,11H2,1H3,(H,20,21,22). The van der Waals surface area contributed by atoms with Gasteiger partial charge in [-0.05, 0) is 17.7 Å². The van der Waals surface area contributed by atoms with Gasteiger partial charge in [0.25, 0.3) is 0 Å². The third-order valence-electron chi connectivity index (χ3n) is 3.74. The maximum absolute atomic E-state index is 11.7. The van der Waals surface area contributed by atoms with Gasteiger partial charge >= 0.3 is 5.69 Å². The summed E-state index contributed by atoms with van der Waals surface area (Å²) in [5, 5.41) is 15.1. The lowest BCUT2D eigenvalue weighted by atomic mass is 10.2. The first-order chi connectivity index (χ1) is 12.6. The van der Waals surface area contributed by atoms with Crippen LogP contribution in [0.25, 0.3) is 0 Å². The summed E-state index contributed by atoms with van der Waals surface area (Å²) in [4.78, 5) is 21.1. The molecule has 0 aliphatic rings. The molecule has 0 unspecified atom stereocenters. The molecule has 0 saturated heterocycles. The smallest absolute Gasteiger partial charge is 0.349 e. The summed E-state index contributed by atoms with van der Waals surface area (Å²) < 4.78 is 0. The molecule has 132 valence electrons. The van der Waals surface area contributed by atoms with Gasteiger partial charge in [-0.25, -0.2) is 9.97 Å². The second kappa shape index (κ2) is 7.79. The van der Waals surface area contributed by atoms with Crippen molar-refractivity contribution < 1.29 is 4.92 Å². The summed E-state index contributed by atoms with van der Waals surface area (Å²) >= 11 is 6.13. The Kier molecular flexibility index (Phi) is 5.28. The minimum Gasteiger partial charge on any atom is -0.349 e. The average molecular weight is 370 g/mol. The van der Waals surface area contributed by atoms with E-state index in [0.29, 0.717) is 17.3 Å². The van der Waals surface area contributed by atoms with Crippen molar-refractivity contribution in [2.45, 2.75) is 6.54 Å². The van der Waals surface area contributed by atoms with E-state index in [-0.39, 0.29) is 17.3 Å². The van der Waals surface area contributed by atoms with Crippen LogP contribution in [0.1, 0.15) is 5.56 Å². The van der Waals surface area contributed by atoms with E-state index in [4.69, 9.17) is 11.6 Å². The highest BCUT2D eigenvalue weighted by molar-refractivity contribution is 6.33. The molecular formula is C18H16ClN5O2. The van der Waals surface area contributed by atoms with Crippen LogP contribution in [0.5, 0.6) is 0 Å². The fraction of sp³-hybridized carbons (Fsp3) is 0.111. The van der Waals surface area contributed by atoms with Crippen molar-refractivity contribution in [2.24, 2.45) is 0 Å². The summed E-state index contributed by atoms with van der Waals surface area (Å²) in [7, 11) is 1.75. The Labute approximate surface area is 155 Å². The topological polar surface area (TPSA) is 84.2 Å². The van der Waals surface area contributed by atoms with Gasteiger partial charge in [0.15, 0.2) is 0 Å². The molecule has 7 nitrogen and oxygen atoms in total. The fourth-order valence-electron chi connectivity index (χ4n) is 2.53. The van der Waals surface area contributed by atoms with Crippen molar-refractivity contribution in [3.63, 3.8) is 0 Å². The van der Waals surface area contributed by atoms with Gasteiger partial charge in [0.05, 0.1) is 15.6 Å². The van der Waals surface area contributed by atoms with Crippen molar-refractivity contribution in [3.8, 4) is 0 Å². The molecule has 26 heavy (non-hydrogen) atoms. The molecule has 0 spiro atoms. The summed E-state index contributed by atoms with van der Waals surface area (Å²) in [6.45, 7) is 0.476. The van der Waals surface area contributed by atoms with Gasteiger partial charge in [0, 0.05) is 13.6 Å². The molecule has 2 aromatic carbocycles. The first kappa shape index (κ1) is 17.6. The summed E-state index contributed by atoms with van der Waals surface area (Å²) in [5.74, 6) is 0.316. The normalized spacial score (nSPS) is 10.4. The summed E-state index contributed by atoms with van der Waals surface area (Å²) in [6.07, 6.45) is 1.29. The molecule has 0 amide bonds. The fourth-order valence-corrected chi connectivity index (χ4v) is 2.71. The van der Waals surface area contributed by atoms with Crippen molar-refractivity contribution >= 4 is 34.6 Å². The number of aromatic nitrogens is 2. The monoisotopic (exact) mass is 369 g/mol. The highest BCUT2D eigenvalue weighted by Crippen LogP contribution is 2.35. The van der Waals surface area contributed by atoms with Crippen LogP contribution in [-0.4, -0.2) is 21.9 Å². The number of nitrogens with zero attached hydrogens (tertiary/aromatic N) is 4. The Morgan fingerprint density at radius 1 is 1.12 bits per heavy atom. The second-order valence-corrected chi connectivity index (χ2v) is 6.01. The number of nitrogens with one attached hydrogen (secondary N) is 1. The molecule has 1 N–H and O–H groups in total. The molecule has 0 atom stereocenters. The van der Waals surface area contributed by atoms with Crippen LogP contribution in [0.15, 0.2) is 60.9 Å². The van der Waals surface area contributed by atoms with E-state index in [1.165, 1.54) is 6.33 Å². The van der Waals surface area contributed by atoms with Gasteiger partial charge in [0.1, 0.15) is 6.33 Å². The SMILES string of the molecule is CN(Cc1ccccc1)c1ncnc(Nc2ccccc2Cl)c1[N+](=O)[O-]. The lowest BCUT2D eigenvalue weighted by molar-refractivity contribution is -0.383. The Hall–Kier alpha value is -3.19. The number of para-hydroxylation sites is 1. The summed E-state index contributed by atoms with van der Waals surface area (Å²) in [6, 6.07) is 16.6. The Morgan fingerprint density at radius 3 is 2.50 bits per heavy atom. The predicted octanol–water partition coefficient (Wildman–Crippen LogP) is 4.42. The van der Waals surface area contributed by atoms with Gasteiger partial charge in [-0.2, -0.15) is 0 Å². The quantitative estimate of drug-likeness (QED) is 0.511. The van der Waals surface area contributed by atoms with Crippen LogP contribution in [0, 0.1) is 10.1 Å². The first-order valence-electron chi connectivity index (χ1n) is 7.82. The molecule has 0 radical (unpaired) electrons. The van der Waals surface area contributed by atoms with Crippen molar-refractivity contribution in [1.82, 2.24) is 9.97 Å². The Morgan fingerprint density at radius 2 is 1.81 bits per heavy atom. The van der Waals surface area contributed by atoms with Gasteiger partial charge < -0.3 is 10.2 Å². The predicted molar refractivity (Wildman–Crippen MR) is 102 cm³/mol. The van der Waals surface area contributed by atoms with Gasteiger partial charge in [-0.15, -0.1) is 0 Å². The number of rotatable bonds is 6. The number of nitro groups is 1. The van der Waals surface area contributed by atoms with Gasteiger partial charge in [-0.1, -0.05) is 54.1 Å². The van der Waals surface area contributed by atoms with Crippen molar-refractivity contribution in [2.75, 3.05) is 17.3 Å². The van der Waals surface area contributed by atoms with Crippen LogP contribution in [0.4, 0.5) is 23.0 Å². The van der Waals surface area contributed by atoms with E-state index in [1.807, 2.05) is 30.3 Å². The highest BCUT2D eigenvalue weighted by Gasteiger charge is 2.26. The van der Waals surface area contributed by atoms with Crippen molar-refractivity contribution in [3.05, 3.63) is 81.6 Å². The van der Waals surface area contributed by atoms with Crippen LogP contribution >= 0.6 is 11.6 Å². The zero-order chi connectivity index (χ0) is 18.5. The van der Waals surface area contributed by atoms with Gasteiger partial charge in [-0.3, -0.25) is 10.1 Å². The largest absolute Gasteiger partial charge is 0.353 e. The van der Waals surface area contributed by atoms with E-state index in [1.54, 1.807) is 36.2 Å². The van der Waals surface area contributed by atoms with Crippen molar-refractivity contribution in [1.29, 1.82) is 0 Å². The third kappa shape index (κ3) is 3.89. The minimum absolute atomic E-state index is 0.0908. The molecule has 0 saturated carbocycles. The minimum atomic E-state index is -0.490. The average Bonchev–Trinajstić information content (AvgIpc) is 2.64. The zero-order valence-electron chi connectivity index (χ0n) is 14.0. The molecule has 0 bridgehead atoms. The number of hydrogen-bond donors (Lipinski definition) is 1. The highest BCUT2D eigenvalue weighted by atomic mass is 35.5. The second-order valence-electron chi connectivity index (χ2n) is 5.60. The first-order valence-corrected chi connectivity index (χ1v) is 8.20. The molecule has 3 aromatic rings. The maximum atomic E-state index is 11.7. The molecule has 1 aromatic heterocycles. The number of anilines is 3. The number of benzene rings is 2. The molecule has 0 aliphatic heterocycles. The molecule has 3 rings (SSSR count). The van der Waals surface area contributed by atoms with Crippen LogP contribution < -0.4 is 10.2 Å². The zero-order valence-corrected chi connectivity index (χ0v) is 14.7. The van der Waals surface area contributed by atoms with E-state index in [9.17, 15) is 10.1 Å². The molecule has 0 fully saturated rings. The number of halogens is 1. The van der Waals surface area contributed by atoms with Crippen LogP contribution in [0.3, 0.4) is 0 Å². The lowest BCUT2D eigenvalue weighted by Crippen LogP contribution is -2.20. The molecule has 1 heterocycles. The molecule has 0 aliphatic carbocycles. The van der Waals surface area contributed by atoms with E-state index in [2.05, 4.69) is 15.3 Å². The Bertz CT molecular complexity index is 920. The Balaban J connectivity index is 1.96. The van der Waals surface area contributed by atoms with E-state index >= 15 is 0 Å². The van der Waals surface area contributed by atoms with E-state index < -0.39 is 4.92 Å². The maximum Gasteiger partial charge on any atom is 0.353 e. The molecular weight excluding hydrogens is 354 g/mol. The van der Waals surface area contributed by atoms with Gasteiger partial charge in [0.2, 0.25) is 11.6 Å². The number of hydrogen-bond acceptors (Lipinski definition) is 6. The molecule has 8 heteroatoms. The van der Waals surface area contributed by atoms with Crippen LogP contribution in [-0.2, 0) is 6.54 Å². The summed E-state index contributed by atoms with van der Waals surface area (Å²) in [5.41, 5.74) is 1.35. The third-order valence-corrected chi connectivity index (χ3v) is 4.07.